The topological polar surface area (TPSA) is 63.6 Å². The number of halogens is 1. The van der Waals surface area contributed by atoms with Gasteiger partial charge < -0.3 is 9.84 Å². The van der Waals surface area contributed by atoms with Gasteiger partial charge in [0, 0.05) is 0 Å². The number of carbonyl (C=O) groups excluding carboxylic acids is 1. The van der Waals surface area contributed by atoms with Crippen LogP contribution in [0, 0.1) is 11.7 Å². The van der Waals surface area contributed by atoms with Gasteiger partial charge in [0.05, 0.1) is 6.61 Å². The van der Waals surface area contributed by atoms with Gasteiger partial charge in [0.15, 0.2) is 5.92 Å². The van der Waals surface area contributed by atoms with Gasteiger partial charge in [-0.1, -0.05) is 20.1 Å². The van der Waals surface area contributed by atoms with Crippen molar-refractivity contribution in [3.63, 3.8) is 0 Å². The molecule has 1 N–H and O–H groups in total. The maximum Gasteiger partial charge on any atom is 0.320 e. The van der Waals surface area contributed by atoms with Crippen LogP contribution in [0.25, 0.3) is 0 Å². The first-order valence-corrected chi connectivity index (χ1v) is 22.7. The highest BCUT2D eigenvalue weighted by Crippen LogP contribution is 3.04. The van der Waals surface area contributed by atoms with E-state index in [4.69, 9.17) is 5.11 Å². The molecule has 1 rings (SSSR count). The normalized spacial score (nSPS) is 12.4. The number of carbonyl (C=O) groups is 2. The van der Waals surface area contributed by atoms with E-state index >= 15 is 0 Å². The highest BCUT2D eigenvalue weighted by Gasteiger charge is 2.27. The van der Waals surface area contributed by atoms with E-state index in [9.17, 15) is 14.0 Å². The molecule has 7 unspecified atom stereocenters. The summed E-state index contributed by atoms with van der Waals surface area (Å²) in [6.45, 7) is 2.38. The number of carboxylic acid groups (broad SMARTS) is 1. The molecule has 0 heterocycles. The molecule has 26 heavy (non-hydrogen) atoms. The van der Waals surface area contributed by atoms with Crippen LogP contribution in [0.5, 0.6) is 0 Å². The minimum Gasteiger partial charge on any atom is -0.481 e. The van der Waals surface area contributed by atoms with Crippen molar-refractivity contribution in [2.24, 2.45) is 5.92 Å². The first-order chi connectivity index (χ1) is 12.1. The Morgan fingerprint density at radius 3 is 2.00 bits per heavy atom. The summed E-state index contributed by atoms with van der Waals surface area (Å²) in [7, 11) is 15.6. The molecule has 14 heteroatoms. The first-order valence-electron chi connectivity index (χ1n) is 7.13. The Hall–Kier alpha value is 1.96. The molecule has 0 fully saturated rings. The van der Waals surface area contributed by atoms with Crippen LogP contribution in [0.15, 0.2) is 24.3 Å². The van der Waals surface area contributed by atoms with Gasteiger partial charge in [-0.25, -0.2) is 4.39 Å². The lowest BCUT2D eigenvalue weighted by molar-refractivity contribution is -0.158. The summed E-state index contributed by atoms with van der Waals surface area (Å²) < 4.78 is 17.3. The Balaban J connectivity index is 0.000000590. The molecule has 0 radical (unpaired) electrons. The van der Waals surface area contributed by atoms with Gasteiger partial charge in [0.1, 0.15) is 5.82 Å². The van der Waals surface area contributed by atoms with Crippen molar-refractivity contribution in [2.75, 3.05) is 6.61 Å². The fourth-order valence-electron chi connectivity index (χ4n) is 1.62. The van der Waals surface area contributed by atoms with Crippen LogP contribution in [0.1, 0.15) is 12.5 Å². The zero-order valence-corrected chi connectivity index (χ0v) is 23.5. The van der Waals surface area contributed by atoms with Crippen molar-refractivity contribution in [2.45, 2.75) is 13.3 Å². The molecule has 148 valence electrons. The number of hydrogen-bond acceptors (Lipinski definition) is 3. The van der Waals surface area contributed by atoms with Crippen LogP contribution in [0.4, 0.5) is 4.39 Å². The van der Waals surface area contributed by atoms with E-state index < -0.39 is 23.7 Å². The van der Waals surface area contributed by atoms with Gasteiger partial charge in [-0.2, -0.15) is 0 Å². The Morgan fingerprint density at radius 1 is 1.19 bits per heavy atom. The summed E-state index contributed by atoms with van der Waals surface area (Å²) in [6.07, 6.45) is -0.00551. The summed E-state index contributed by atoms with van der Waals surface area (Å²) in [5, 5.41) is 8.91. The third-order valence-corrected chi connectivity index (χ3v) is 47.0. The number of benzene rings is 1. The molecule has 0 bridgehead atoms. The van der Waals surface area contributed by atoms with Gasteiger partial charge in [0.2, 0.25) is 0 Å². The average molecular weight is 530 g/mol. The fourth-order valence-corrected chi connectivity index (χ4v) is 62.7. The van der Waals surface area contributed by atoms with Gasteiger partial charge in [-0.3, -0.25) is 9.59 Å². The minimum absolute atomic E-state index is 0.00551. The highest BCUT2D eigenvalue weighted by atomic mass is 33.2. The Bertz CT molecular complexity index is 550. The molecule has 0 aliphatic carbocycles. The number of carboxylic acids is 1. The minimum atomic E-state index is -1.25. The van der Waals surface area contributed by atoms with E-state index in [-0.39, 0.29) is 27.0 Å². The molecule has 1 aromatic rings. The van der Waals surface area contributed by atoms with Crippen molar-refractivity contribution in [1.82, 2.24) is 0 Å². The Labute approximate surface area is 170 Å². The molecule has 0 saturated carbocycles. The smallest absolute Gasteiger partial charge is 0.320 e. The van der Waals surface area contributed by atoms with E-state index in [2.05, 4.69) is 49.4 Å². The number of esters is 1. The van der Waals surface area contributed by atoms with Gasteiger partial charge >= 0.3 is 11.9 Å². The van der Waals surface area contributed by atoms with Gasteiger partial charge in [-0.05, 0) is 52.0 Å². The SMILES string of the molecule is CCOC(=O)C(Cc1ccc(F)cc1)C(=O)O.PPP(P(P)P)P(P)P. The summed E-state index contributed by atoms with van der Waals surface area (Å²) in [4.78, 5) is 22.3. The molecule has 0 saturated heterocycles. The second-order valence-electron chi connectivity index (χ2n) is 4.65. The zero-order chi connectivity index (χ0) is 20.3. The largest absolute Gasteiger partial charge is 0.481 e. The van der Waals surface area contributed by atoms with E-state index in [0.717, 1.165) is 7.96 Å². The van der Waals surface area contributed by atoms with Crippen molar-refractivity contribution in [3.8, 4) is 0 Å². The second-order valence-corrected chi connectivity index (χ2v) is 35.3. The maximum atomic E-state index is 12.7. The predicted octanol–water partition coefficient (Wildman–Crippen LogP) is 6.44. The maximum absolute atomic E-state index is 12.7. The lowest BCUT2D eigenvalue weighted by Gasteiger charge is -2.22. The molecular weight excluding hydrogens is 506 g/mol. The van der Waals surface area contributed by atoms with Crippen LogP contribution in [-0.4, -0.2) is 23.7 Å². The zero-order valence-electron chi connectivity index (χ0n) is 14.1. The van der Waals surface area contributed by atoms with E-state index in [1.165, 1.54) is 24.3 Å². The second kappa shape index (κ2) is 15.8. The first kappa shape index (κ1) is 28.0. The van der Waals surface area contributed by atoms with Crippen LogP contribution < -0.4 is 0 Å². The van der Waals surface area contributed by atoms with Crippen LogP contribution in [0.2, 0.25) is 0 Å². The van der Waals surface area contributed by atoms with Crippen molar-refractivity contribution >= 4 is 85.5 Å². The molecule has 4 nitrogen and oxygen atoms in total. The number of aliphatic carboxylic acids is 1. The Morgan fingerprint density at radius 2 is 1.69 bits per heavy atom. The van der Waals surface area contributed by atoms with Crippen LogP contribution >= 0.6 is 73.6 Å². The summed E-state index contributed by atoms with van der Waals surface area (Å²) >= 11 is 0. The quantitative estimate of drug-likeness (QED) is 0.239. The van der Waals surface area contributed by atoms with E-state index in [0.29, 0.717) is 12.6 Å². The van der Waals surface area contributed by atoms with Crippen LogP contribution in [0.3, 0.4) is 0 Å². The van der Waals surface area contributed by atoms with Crippen molar-refractivity contribution in [3.05, 3.63) is 35.6 Å². The molecule has 7 atom stereocenters. The van der Waals surface area contributed by atoms with Gasteiger partial charge in [0.25, 0.3) is 0 Å². The van der Waals surface area contributed by atoms with E-state index in [1.807, 2.05) is 0 Å². The van der Waals surface area contributed by atoms with Gasteiger partial charge in [-0.15, -0.1) is 44.6 Å². The number of ether oxygens (including phenoxy) is 1. The van der Waals surface area contributed by atoms with Crippen molar-refractivity contribution in [1.29, 1.82) is 0 Å². The molecule has 0 amide bonds. The molecule has 1 aromatic carbocycles. The number of rotatable bonds is 8. The summed E-state index contributed by atoms with van der Waals surface area (Å²) in [5.41, 5.74) is 0.576. The molecule has 0 aromatic heterocycles. The lowest BCUT2D eigenvalue weighted by atomic mass is 9.99. The fraction of sp³-hybridized carbons (Fsp3) is 0.333. The Kier molecular flexibility index (Phi) is 16.9. The monoisotopic (exact) mass is 530 g/mol. The molecular formula is C12H24FO4P9. The predicted molar refractivity (Wildman–Crippen MR) is 135 cm³/mol. The summed E-state index contributed by atoms with van der Waals surface area (Å²) in [6, 6.07) is 5.34. The van der Waals surface area contributed by atoms with E-state index in [1.54, 1.807) is 6.92 Å². The standard InChI is InChI=1S/C12H13FO4.H11P9/c1-2-17-12(16)10(11(14)15)7-8-3-5-9(13)6-4-8;1-6-9(7(2)3)8(4)5/h3-6,10H,2,7H2,1H3,(H,14,15);6H,1-5H2. The highest BCUT2D eigenvalue weighted by molar-refractivity contribution is 9.10. The summed E-state index contributed by atoms with van der Waals surface area (Å²) in [5.74, 6) is -3.67. The third-order valence-electron chi connectivity index (χ3n) is 2.78. The molecule has 0 spiro atoms. The van der Waals surface area contributed by atoms with Crippen molar-refractivity contribution < 1.29 is 23.8 Å². The van der Waals surface area contributed by atoms with Crippen LogP contribution in [-0.2, 0) is 20.7 Å². The third kappa shape index (κ3) is 11.8. The number of hydrogen-bond donors (Lipinski definition) is 1. The molecule has 0 aliphatic heterocycles. The lowest BCUT2D eigenvalue weighted by Crippen LogP contribution is -2.27. The molecule has 0 aliphatic rings. The average Bonchev–Trinajstić information content (AvgIpc) is 2.54.